The maximum atomic E-state index is 12.3. The van der Waals surface area contributed by atoms with Crippen LogP contribution in [0.1, 0.15) is 55.9 Å². The molecule has 7 rings (SSSR count). The first-order valence-electron chi connectivity index (χ1n) is 17.8. The van der Waals surface area contributed by atoms with Crippen molar-refractivity contribution < 1.29 is 9.53 Å². The van der Waals surface area contributed by atoms with E-state index in [1.807, 2.05) is 38.9 Å². The van der Waals surface area contributed by atoms with Crippen molar-refractivity contribution in [2.75, 3.05) is 56.4 Å². The van der Waals surface area contributed by atoms with Crippen LogP contribution < -0.4 is 10.6 Å². The van der Waals surface area contributed by atoms with E-state index in [1.54, 1.807) is 4.68 Å². The number of hydrogen-bond donors (Lipinski definition) is 2. The van der Waals surface area contributed by atoms with E-state index >= 15 is 0 Å². The van der Waals surface area contributed by atoms with Crippen molar-refractivity contribution in [3.05, 3.63) is 64.8 Å². The molecule has 3 aliphatic heterocycles. The molecule has 0 spiro atoms. The van der Waals surface area contributed by atoms with E-state index in [0.717, 1.165) is 92.9 Å². The predicted molar refractivity (Wildman–Crippen MR) is 195 cm³/mol. The Morgan fingerprint density at radius 2 is 1.67 bits per heavy atom. The first-order chi connectivity index (χ1) is 23.5. The van der Waals surface area contributed by atoms with Crippen molar-refractivity contribution >= 4 is 40.3 Å². The lowest BCUT2D eigenvalue weighted by molar-refractivity contribution is -0.00842. The first-order valence-corrected chi connectivity index (χ1v) is 17.8. The molecule has 4 aromatic rings. The SMILES string of the molecule is Cc1cccc(C)c1Nc1nn(C)c2nc(Nc3ccc4c(c3)CN(CC3CCN(CC5CN(C(=O)OC(C)(C)C)C5)CC3)CC4)ncc12. The number of nitrogens with one attached hydrogen (secondary N) is 2. The Hall–Kier alpha value is -4.22. The van der Waals surface area contributed by atoms with E-state index < -0.39 is 5.60 Å². The van der Waals surface area contributed by atoms with Crippen LogP contribution in [0.25, 0.3) is 11.0 Å². The molecule has 0 unspecified atom stereocenters. The van der Waals surface area contributed by atoms with E-state index in [1.165, 1.54) is 35.1 Å². The van der Waals surface area contributed by atoms with Crippen LogP contribution >= 0.6 is 0 Å². The second-order valence-corrected chi connectivity index (χ2v) is 15.4. The molecule has 2 N–H and O–H groups in total. The number of carbonyl (C=O) groups is 1. The Kier molecular flexibility index (Phi) is 9.23. The zero-order valence-corrected chi connectivity index (χ0v) is 29.9. The Morgan fingerprint density at radius 3 is 2.41 bits per heavy atom. The fourth-order valence-electron chi connectivity index (χ4n) is 7.54. The fourth-order valence-corrected chi connectivity index (χ4v) is 7.54. The summed E-state index contributed by atoms with van der Waals surface area (Å²) in [4.78, 5) is 28.9. The van der Waals surface area contributed by atoms with Crippen LogP contribution in [0.2, 0.25) is 0 Å². The molecule has 11 nitrogen and oxygen atoms in total. The number of piperidine rings is 1. The number of hydrogen-bond acceptors (Lipinski definition) is 9. The lowest BCUT2D eigenvalue weighted by Gasteiger charge is -2.43. The van der Waals surface area contributed by atoms with E-state index in [4.69, 9.17) is 14.8 Å². The lowest BCUT2D eigenvalue weighted by atomic mass is 9.92. The van der Waals surface area contributed by atoms with Gasteiger partial charge in [-0.2, -0.15) is 10.1 Å². The van der Waals surface area contributed by atoms with Crippen LogP contribution in [-0.2, 0) is 24.8 Å². The van der Waals surface area contributed by atoms with Gasteiger partial charge in [0.25, 0.3) is 0 Å². The van der Waals surface area contributed by atoms with Crippen molar-refractivity contribution in [3.8, 4) is 0 Å². The number of benzene rings is 2. The molecule has 3 aliphatic rings. The third-order valence-corrected chi connectivity index (χ3v) is 10.2. The normalized spacial score (nSPS) is 18.0. The highest BCUT2D eigenvalue weighted by Gasteiger charge is 2.35. The summed E-state index contributed by atoms with van der Waals surface area (Å²) in [7, 11) is 1.92. The quantitative estimate of drug-likeness (QED) is 0.221. The van der Waals surface area contributed by atoms with E-state index in [2.05, 4.69) is 75.7 Å². The average Bonchev–Trinajstić information content (AvgIpc) is 3.34. The maximum Gasteiger partial charge on any atom is 0.410 e. The van der Waals surface area contributed by atoms with E-state index in [9.17, 15) is 4.79 Å². The zero-order valence-electron chi connectivity index (χ0n) is 29.9. The molecule has 5 heterocycles. The number of carbonyl (C=O) groups excluding carboxylic acids is 1. The highest BCUT2D eigenvalue weighted by atomic mass is 16.6. The van der Waals surface area contributed by atoms with Gasteiger partial charge in [0.05, 0.1) is 5.39 Å². The number of nitrogens with zero attached hydrogens (tertiary/aromatic N) is 7. The monoisotopic (exact) mass is 665 g/mol. The van der Waals surface area contributed by atoms with Gasteiger partial charge in [0.15, 0.2) is 11.5 Å². The number of anilines is 4. The molecule has 2 aromatic heterocycles. The van der Waals surface area contributed by atoms with Gasteiger partial charge in [0.2, 0.25) is 5.95 Å². The van der Waals surface area contributed by atoms with Crippen LogP contribution in [0.3, 0.4) is 0 Å². The number of ether oxygens (including phenoxy) is 1. The van der Waals surface area contributed by atoms with Crippen molar-refractivity contribution in [2.24, 2.45) is 18.9 Å². The van der Waals surface area contributed by atoms with Gasteiger partial charge in [0.1, 0.15) is 5.60 Å². The van der Waals surface area contributed by atoms with Gasteiger partial charge < -0.3 is 25.2 Å². The minimum Gasteiger partial charge on any atom is -0.444 e. The average molecular weight is 666 g/mol. The summed E-state index contributed by atoms with van der Waals surface area (Å²) >= 11 is 0. The predicted octanol–water partition coefficient (Wildman–Crippen LogP) is 6.40. The molecule has 0 aliphatic carbocycles. The Morgan fingerprint density at radius 1 is 0.939 bits per heavy atom. The van der Waals surface area contributed by atoms with Gasteiger partial charge in [-0.15, -0.1) is 0 Å². The molecule has 0 saturated carbocycles. The Balaban J connectivity index is 0.907. The van der Waals surface area contributed by atoms with Gasteiger partial charge in [0, 0.05) is 69.8 Å². The summed E-state index contributed by atoms with van der Waals surface area (Å²) in [5.74, 6) is 2.61. The fraction of sp³-hybridized carbons (Fsp3) is 0.526. The largest absolute Gasteiger partial charge is 0.444 e. The molecule has 260 valence electrons. The number of amides is 1. The maximum absolute atomic E-state index is 12.3. The lowest BCUT2D eigenvalue weighted by Crippen LogP contribution is -2.55. The Bertz CT molecular complexity index is 1800. The van der Waals surface area contributed by atoms with Crippen molar-refractivity contribution in [2.45, 2.75) is 66.0 Å². The van der Waals surface area contributed by atoms with E-state index in [-0.39, 0.29) is 6.09 Å². The standard InChI is InChI=1S/C38H51N9O2/c1-25-8-7-9-26(2)33(25)41-34-32-19-39-36(42-35(32)44(6)43-34)40-31-11-10-29-14-17-46(24-30(29)18-31)20-27-12-15-45(16-13-27)21-28-22-47(23-28)37(48)49-38(3,4)5/h7-11,18-19,27-28H,12-17,20-24H2,1-6H3,(H,41,43)(H,39,40,42). The second-order valence-electron chi connectivity index (χ2n) is 15.4. The van der Waals surface area contributed by atoms with Gasteiger partial charge in [-0.25, -0.2) is 14.5 Å². The van der Waals surface area contributed by atoms with Gasteiger partial charge in [-0.05, 0) is 107 Å². The molecule has 49 heavy (non-hydrogen) atoms. The number of fused-ring (bicyclic) bond motifs is 2. The summed E-state index contributed by atoms with van der Waals surface area (Å²) in [5, 5.41) is 12.6. The molecule has 0 atom stereocenters. The van der Waals surface area contributed by atoms with Crippen LogP contribution in [0, 0.1) is 25.7 Å². The minimum atomic E-state index is -0.435. The van der Waals surface area contributed by atoms with Crippen LogP contribution in [-0.4, -0.2) is 92.0 Å². The van der Waals surface area contributed by atoms with Crippen LogP contribution in [0.5, 0.6) is 0 Å². The van der Waals surface area contributed by atoms with Gasteiger partial charge in [-0.3, -0.25) is 4.90 Å². The molecule has 11 heteroatoms. The van der Waals surface area contributed by atoms with Gasteiger partial charge >= 0.3 is 6.09 Å². The minimum absolute atomic E-state index is 0.177. The summed E-state index contributed by atoms with van der Waals surface area (Å²) < 4.78 is 7.32. The second kappa shape index (κ2) is 13.6. The Labute approximate surface area is 290 Å². The van der Waals surface area contributed by atoms with Gasteiger partial charge in [-0.1, -0.05) is 24.3 Å². The molecule has 2 fully saturated rings. The van der Waals surface area contributed by atoms with E-state index in [0.29, 0.717) is 11.9 Å². The first kappa shape index (κ1) is 33.3. The van der Waals surface area contributed by atoms with Crippen molar-refractivity contribution in [1.29, 1.82) is 0 Å². The summed E-state index contributed by atoms with van der Waals surface area (Å²) in [6.07, 6.45) is 5.23. The number of rotatable bonds is 8. The third kappa shape index (κ3) is 7.68. The molecule has 2 saturated heterocycles. The summed E-state index contributed by atoms with van der Waals surface area (Å²) in [6, 6.07) is 12.9. The highest BCUT2D eigenvalue weighted by molar-refractivity contribution is 5.90. The summed E-state index contributed by atoms with van der Waals surface area (Å²) in [5.41, 5.74) is 7.57. The smallest absolute Gasteiger partial charge is 0.410 e. The topological polar surface area (TPSA) is 104 Å². The molecule has 2 aromatic carbocycles. The van der Waals surface area contributed by atoms with Crippen LogP contribution in [0.4, 0.5) is 27.9 Å². The molecular weight excluding hydrogens is 614 g/mol. The number of aryl methyl sites for hydroxylation is 3. The zero-order chi connectivity index (χ0) is 34.3. The van der Waals surface area contributed by atoms with Crippen LogP contribution in [0.15, 0.2) is 42.6 Å². The number of likely N-dealkylation sites (tertiary alicyclic amines) is 2. The molecule has 1 amide bonds. The van der Waals surface area contributed by atoms with Crippen molar-refractivity contribution in [1.82, 2.24) is 34.4 Å². The molecular formula is C38H51N9O2. The third-order valence-electron chi connectivity index (χ3n) is 10.2. The number of para-hydroxylation sites is 1. The highest BCUT2D eigenvalue weighted by Crippen LogP contribution is 2.31. The summed E-state index contributed by atoms with van der Waals surface area (Å²) in [6.45, 7) is 18.2. The number of aromatic nitrogens is 4. The molecule has 0 radical (unpaired) electrons. The molecule has 0 bridgehead atoms. The van der Waals surface area contributed by atoms with Crippen molar-refractivity contribution in [3.63, 3.8) is 0 Å².